The van der Waals surface area contributed by atoms with E-state index < -0.39 is 0 Å². The van der Waals surface area contributed by atoms with Crippen LogP contribution in [0, 0.1) is 0 Å². The first kappa shape index (κ1) is 15.6. The van der Waals surface area contributed by atoms with Crippen LogP contribution in [-0.2, 0) is 0 Å². The quantitative estimate of drug-likeness (QED) is 0.235. The largest absolute Gasteiger partial charge is 0.409 e. The monoisotopic (exact) mass is 285 g/mol. The lowest BCUT2D eigenvalue weighted by Gasteiger charge is -2.22. The first-order valence-corrected chi connectivity index (χ1v) is 6.57. The Morgan fingerprint density at radius 1 is 1.37 bits per heavy atom. The third kappa shape index (κ3) is 4.61. The zero-order chi connectivity index (χ0) is 14.3. The van der Waals surface area contributed by atoms with Crippen molar-refractivity contribution in [2.45, 2.75) is 19.3 Å². The molecule has 19 heavy (non-hydrogen) atoms. The molecular formula is C13H20ClN3O2. The lowest BCUT2D eigenvalue weighted by molar-refractivity contribution is 0.283. The van der Waals surface area contributed by atoms with E-state index in [0.717, 1.165) is 31.5 Å². The first-order chi connectivity index (χ1) is 9.10. The smallest absolute Gasteiger partial charge is 0.172 e. The van der Waals surface area contributed by atoms with Crippen LogP contribution in [0.25, 0.3) is 0 Å². The van der Waals surface area contributed by atoms with Crippen LogP contribution >= 0.6 is 11.6 Å². The molecule has 0 aliphatic rings. The van der Waals surface area contributed by atoms with Crippen molar-refractivity contribution in [2.75, 3.05) is 25.1 Å². The number of aliphatic hydroxyl groups excluding tert-OH is 1. The molecule has 4 N–H and O–H groups in total. The van der Waals surface area contributed by atoms with Crippen LogP contribution in [0.15, 0.2) is 23.4 Å². The maximum Gasteiger partial charge on any atom is 0.172 e. The van der Waals surface area contributed by atoms with Gasteiger partial charge in [0.15, 0.2) is 5.84 Å². The van der Waals surface area contributed by atoms with Gasteiger partial charge in [0.1, 0.15) is 0 Å². The number of hydrogen-bond donors (Lipinski definition) is 3. The molecule has 0 atom stereocenters. The summed E-state index contributed by atoms with van der Waals surface area (Å²) in [5, 5.41) is 21.1. The van der Waals surface area contributed by atoms with Crippen molar-refractivity contribution >= 4 is 23.1 Å². The van der Waals surface area contributed by atoms with Gasteiger partial charge in [-0.1, -0.05) is 16.8 Å². The average Bonchev–Trinajstić information content (AvgIpc) is 2.42. The van der Waals surface area contributed by atoms with E-state index in [1.54, 1.807) is 12.1 Å². The molecule has 0 unspecified atom stereocenters. The predicted molar refractivity (Wildman–Crippen MR) is 78.2 cm³/mol. The average molecular weight is 286 g/mol. The lowest BCUT2D eigenvalue weighted by atomic mass is 10.1. The molecule has 0 amide bonds. The molecule has 0 saturated heterocycles. The molecule has 0 aromatic heterocycles. The molecule has 0 saturated carbocycles. The highest BCUT2D eigenvalue weighted by Crippen LogP contribution is 2.23. The Bertz CT molecular complexity index is 438. The Morgan fingerprint density at radius 3 is 2.74 bits per heavy atom. The van der Waals surface area contributed by atoms with Gasteiger partial charge < -0.3 is 20.9 Å². The van der Waals surface area contributed by atoms with E-state index >= 15 is 0 Å². The summed E-state index contributed by atoms with van der Waals surface area (Å²) >= 11 is 5.93. The van der Waals surface area contributed by atoms with Crippen LogP contribution in [0.2, 0.25) is 5.02 Å². The molecular weight excluding hydrogens is 266 g/mol. The number of benzene rings is 1. The lowest BCUT2D eigenvalue weighted by Crippen LogP contribution is -2.24. The van der Waals surface area contributed by atoms with Crippen molar-refractivity contribution < 1.29 is 10.3 Å². The van der Waals surface area contributed by atoms with E-state index in [9.17, 15) is 0 Å². The van der Waals surface area contributed by atoms with Crippen LogP contribution in [0.3, 0.4) is 0 Å². The Balaban J connectivity index is 2.81. The van der Waals surface area contributed by atoms with E-state index in [4.69, 9.17) is 27.6 Å². The van der Waals surface area contributed by atoms with Crippen molar-refractivity contribution in [3.05, 3.63) is 28.8 Å². The zero-order valence-electron chi connectivity index (χ0n) is 11.0. The maximum atomic E-state index is 8.80. The zero-order valence-corrected chi connectivity index (χ0v) is 11.8. The van der Waals surface area contributed by atoms with Gasteiger partial charge in [-0.25, -0.2) is 0 Å². The molecule has 0 radical (unpaired) electrons. The molecule has 1 aromatic carbocycles. The van der Waals surface area contributed by atoms with Crippen molar-refractivity contribution in [1.82, 2.24) is 0 Å². The number of nitrogens with zero attached hydrogens (tertiary/aromatic N) is 2. The second kappa shape index (κ2) is 7.86. The normalized spacial score (nSPS) is 11.6. The van der Waals surface area contributed by atoms with E-state index in [1.165, 1.54) is 0 Å². The van der Waals surface area contributed by atoms with E-state index in [-0.39, 0.29) is 12.4 Å². The van der Waals surface area contributed by atoms with Crippen molar-refractivity contribution in [3.8, 4) is 0 Å². The summed E-state index contributed by atoms with van der Waals surface area (Å²) in [6.45, 7) is 1.05. The number of amidine groups is 1. The summed E-state index contributed by atoms with van der Waals surface area (Å²) in [6.07, 6.45) is 2.74. The molecule has 5 nitrogen and oxygen atoms in total. The SMILES string of the molecule is CN(CCCCCO)c1ccc(Cl)cc1/C(N)=N/O. The van der Waals surface area contributed by atoms with Crippen molar-refractivity contribution in [1.29, 1.82) is 0 Å². The number of nitrogens with two attached hydrogens (primary N) is 1. The molecule has 0 spiro atoms. The van der Waals surface area contributed by atoms with Crippen LogP contribution in [-0.4, -0.2) is 36.3 Å². The minimum absolute atomic E-state index is 0.0414. The Labute approximate surface area is 118 Å². The fraction of sp³-hybridized carbons (Fsp3) is 0.462. The summed E-state index contributed by atoms with van der Waals surface area (Å²) in [6, 6.07) is 5.30. The van der Waals surface area contributed by atoms with Crippen LogP contribution in [0.1, 0.15) is 24.8 Å². The van der Waals surface area contributed by atoms with Gasteiger partial charge in [-0.2, -0.15) is 0 Å². The van der Waals surface area contributed by atoms with E-state index in [0.29, 0.717) is 10.6 Å². The highest BCUT2D eigenvalue weighted by atomic mass is 35.5. The third-order valence-corrected chi connectivity index (χ3v) is 3.14. The Kier molecular flexibility index (Phi) is 6.45. The molecule has 0 aliphatic heterocycles. The molecule has 0 aliphatic carbocycles. The van der Waals surface area contributed by atoms with Crippen molar-refractivity contribution in [2.24, 2.45) is 10.9 Å². The fourth-order valence-electron chi connectivity index (χ4n) is 1.86. The molecule has 6 heteroatoms. The number of anilines is 1. The molecule has 0 heterocycles. The number of hydrogen-bond acceptors (Lipinski definition) is 4. The summed E-state index contributed by atoms with van der Waals surface area (Å²) in [7, 11) is 1.94. The van der Waals surface area contributed by atoms with Gasteiger partial charge >= 0.3 is 0 Å². The second-order valence-corrected chi connectivity index (χ2v) is 4.79. The number of oxime groups is 1. The molecule has 0 fully saturated rings. The Hall–Kier alpha value is -1.46. The third-order valence-electron chi connectivity index (χ3n) is 2.91. The van der Waals surface area contributed by atoms with Gasteiger partial charge in [-0.05, 0) is 37.5 Å². The van der Waals surface area contributed by atoms with Gasteiger partial charge in [0.2, 0.25) is 0 Å². The number of unbranched alkanes of at least 4 members (excludes halogenated alkanes) is 2. The van der Waals surface area contributed by atoms with Crippen LogP contribution in [0.5, 0.6) is 0 Å². The topological polar surface area (TPSA) is 82.1 Å². The van der Waals surface area contributed by atoms with Gasteiger partial charge in [-0.15, -0.1) is 0 Å². The molecule has 1 aromatic rings. The van der Waals surface area contributed by atoms with Crippen LogP contribution in [0.4, 0.5) is 5.69 Å². The van der Waals surface area contributed by atoms with E-state index in [1.807, 2.05) is 18.0 Å². The number of aliphatic hydroxyl groups is 1. The first-order valence-electron chi connectivity index (χ1n) is 6.19. The minimum Gasteiger partial charge on any atom is -0.409 e. The highest BCUT2D eigenvalue weighted by molar-refractivity contribution is 6.31. The van der Waals surface area contributed by atoms with Gasteiger partial charge in [0.25, 0.3) is 0 Å². The highest BCUT2D eigenvalue weighted by Gasteiger charge is 2.11. The standard InChI is InChI=1S/C13H20ClN3O2/c1-17(7-3-2-4-8-18)12-6-5-10(14)9-11(12)13(15)16-19/h5-6,9,18-19H,2-4,7-8H2,1H3,(H2,15,16). The Morgan fingerprint density at radius 2 is 2.11 bits per heavy atom. The van der Waals surface area contributed by atoms with Gasteiger partial charge in [-0.3, -0.25) is 0 Å². The minimum atomic E-state index is 0.0414. The predicted octanol–water partition coefficient (Wildman–Crippen LogP) is 2.03. The number of halogens is 1. The summed E-state index contributed by atoms with van der Waals surface area (Å²) in [5.74, 6) is 0.0414. The van der Waals surface area contributed by atoms with Gasteiger partial charge in [0, 0.05) is 36.5 Å². The summed E-state index contributed by atoms with van der Waals surface area (Å²) < 4.78 is 0. The molecule has 1 rings (SSSR count). The summed E-state index contributed by atoms with van der Waals surface area (Å²) in [5.41, 5.74) is 7.14. The maximum absolute atomic E-state index is 8.80. The van der Waals surface area contributed by atoms with Crippen molar-refractivity contribution in [3.63, 3.8) is 0 Å². The fourth-order valence-corrected chi connectivity index (χ4v) is 2.03. The number of rotatable bonds is 7. The molecule has 106 valence electrons. The summed E-state index contributed by atoms with van der Waals surface area (Å²) in [4.78, 5) is 2.03. The second-order valence-electron chi connectivity index (χ2n) is 4.35. The van der Waals surface area contributed by atoms with E-state index in [2.05, 4.69) is 5.16 Å². The molecule has 0 bridgehead atoms. The van der Waals surface area contributed by atoms with Gasteiger partial charge in [0.05, 0.1) is 0 Å². The van der Waals surface area contributed by atoms with Crippen LogP contribution < -0.4 is 10.6 Å².